The van der Waals surface area contributed by atoms with Crippen LogP contribution in [0.2, 0.25) is 0 Å². The minimum Gasteiger partial charge on any atom is -0.393 e. The molecule has 0 bridgehead atoms. The van der Waals surface area contributed by atoms with Crippen molar-refractivity contribution in [2.75, 3.05) is 92.4 Å². The topological polar surface area (TPSA) is 168 Å². The fraction of sp³-hybridized carbons (Fsp3) is 0.737. The number of hydrogen-bond donors (Lipinski definition) is 3. The molecule has 0 aromatic heterocycles. The van der Waals surface area contributed by atoms with E-state index in [0.717, 1.165) is 0 Å². The monoisotopic (exact) mass is 718 g/mol. The first-order valence-corrected chi connectivity index (χ1v) is 17.8. The van der Waals surface area contributed by atoms with Crippen molar-refractivity contribution < 1.29 is 52.7 Å². The van der Waals surface area contributed by atoms with Crippen LogP contribution >= 0.6 is 0 Å². The maximum absolute atomic E-state index is 13.4. The summed E-state index contributed by atoms with van der Waals surface area (Å²) in [7, 11) is 0. The van der Waals surface area contributed by atoms with E-state index in [-0.39, 0.29) is 101 Å². The summed E-state index contributed by atoms with van der Waals surface area (Å²) in [5.74, 6) is 6.41. The number of amides is 2. The van der Waals surface area contributed by atoms with Crippen LogP contribution < -0.4 is 10.6 Å². The van der Waals surface area contributed by atoms with Gasteiger partial charge in [0.25, 0.3) is 0 Å². The van der Waals surface area contributed by atoms with Crippen LogP contribution in [0.3, 0.4) is 0 Å². The summed E-state index contributed by atoms with van der Waals surface area (Å²) in [4.78, 5) is 52.2. The highest BCUT2D eigenvalue weighted by Crippen LogP contribution is 2.42. The van der Waals surface area contributed by atoms with Gasteiger partial charge in [0.05, 0.1) is 59.0 Å². The number of nitrogens with one attached hydrogen (secondary N) is 2. The van der Waals surface area contributed by atoms with E-state index in [4.69, 9.17) is 47.7 Å². The van der Waals surface area contributed by atoms with Crippen LogP contribution in [0, 0.1) is 48.4 Å². The number of carbonyl (C=O) groups excluding carboxylic acids is 4. The van der Waals surface area contributed by atoms with Crippen molar-refractivity contribution in [1.82, 2.24) is 10.6 Å². The molecule has 0 saturated heterocycles. The van der Waals surface area contributed by atoms with Crippen LogP contribution in [0.1, 0.15) is 70.6 Å². The summed E-state index contributed by atoms with van der Waals surface area (Å²) in [6.07, 6.45) is 18.0. The fourth-order valence-electron chi connectivity index (χ4n) is 5.42. The highest BCUT2D eigenvalue weighted by atomic mass is 16.5. The normalized spacial score (nSPS) is 15.2. The van der Waals surface area contributed by atoms with Crippen molar-refractivity contribution >= 4 is 23.4 Å². The van der Waals surface area contributed by atoms with E-state index in [9.17, 15) is 24.3 Å². The second kappa shape index (κ2) is 30.3. The summed E-state index contributed by atoms with van der Waals surface area (Å²) in [5.41, 5.74) is -0.775. The largest absolute Gasteiger partial charge is 0.393 e. The molecule has 51 heavy (non-hydrogen) atoms. The third kappa shape index (κ3) is 24.5. The second-order valence-corrected chi connectivity index (χ2v) is 12.4. The Morgan fingerprint density at radius 1 is 0.608 bits per heavy atom. The zero-order chi connectivity index (χ0) is 37.4. The van der Waals surface area contributed by atoms with E-state index >= 15 is 0 Å². The molecular formula is C38H58N2O11. The van der Waals surface area contributed by atoms with Gasteiger partial charge in [-0.2, -0.15) is 0 Å². The van der Waals surface area contributed by atoms with Gasteiger partial charge in [0.2, 0.25) is 11.8 Å². The summed E-state index contributed by atoms with van der Waals surface area (Å²) < 4.78 is 31.9. The number of aliphatic hydroxyl groups is 1. The Balaban J connectivity index is 2.81. The van der Waals surface area contributed by atoms with Gasteiger partial charge in [-0.1, -0.05) is 17.8 Å². The van der Waals surface area contributed by atoms with Crippen molar-refractivity contribution in [3.63, 3.8) is 0 Å². The summed E-state index contributed by atoms with van der Waals surface area (Å²) in [6, 6.07) is 0. The van der Waals surface area contributed by atoms with Gasteiger partial charge in [-0.05, 0) is 43.9 Å². The maximum atomic E-state index is 13.4. The van der Waals surface area contributed by atoms with E-state index < -0.39 is 11.5 Å². The quantitative estimate of drug-likeness (QED) is 0.0654. The molecule has 1 fully saturated rings. The van der Waals surface area contributed by atoms with Crippen LogP contribution in [-0.2, 0) is 47.6 Å². The van der Waals surface area contributed by atoms with E-state index in [1.165, 1.54) is 0 Å². The number of terminal acetylenes is 3. The minimum atomic E-state index is -0.775. The number of aliphatic hydroxyl groups excluding tert-OH is 1. The third-order valence-corrected chi connectivity index (χ3v) is 8.37. The number of ether oxygens (including phenoxy) is 6. The Hall–Kier alpha value is -3.32. The van der Waals surface area contributed by atoms with E-state index in [1.54, 1.807) is 0 Å². The Bertz CT molecular complexity index is 1010. The highest BCUT2D eigenvalue weighted by Gasteiger charge is 2.39. The molecule has 13 nitrogen and oxygen atoms in total. The molecule has 1 saturated carbocycles. The Morgan fingerprint density at radius 3 is 1.49 bits per heavy atom. The van der Waals surface area contributed by atoms with E-state index in [2.05, 4.69) is 28.4 Å². The van der Waals surface area contributed by atoms with Gasteiger partial charge in [-0.3, -0.25) is 19.2 Å². The Kier molecular flexibility index (Phi) is 27.2. The van der Waals surface area contributed by atoms with Crippen molar-refractivity contribution in [2.45, 2.75) is 76.7 Å². The molecule has 13 heteroatoms. The molecule has 0 aromatic rings. The van der Waals surface area contributed by atoms with Crippen molar-refractivity contribution in [3.8, 4) is 37.0 Å². The first kappa shape index (κ1) is 45.7. The number of hydrogen-bond acceptors (Lipinski definition) is 11. The molecule has 1 rings (SSSR count). The number of carbonyl (C=O) groups is 4. The first-order chi connectivity index (χ1) is 24.7. The third-order valence-electron chi connectivity index (χ3n) is 8.37. The lowest BCUT2D eigenvalue weighted by atomic mass is 9.67. The van der Waals surface area contributed by atoms with Crippen LogP contribution in [0.5, 0.6) is 0 Å². The average molecular weight is 719 g/mol. The predicted octanol–water partition coefficient (Wildman–Crippen LogP) is 1.62. The molecule has 1 aliphatic rings. The predicted molar refractivity (Wildman–Crippen MR) is 190 cm³/mol. The van der Waals surface area contributed by atoms with Crippen LogP contribution in [-0.4, -0.2) is 127 Å². The van der Waals surface area contributed by atoms with Crippen LogP contribution in [0.25, 0.3) is 0 Å². The number of ketones is 2. The van der Waals surface area contributed by atoms with E-state index in [0.29, 0.717) is 91.2 Å². The van der Waals surface area contributed by atoms with Crippen molar-refractivity contribution in [2.24, 2.45) is 11.3 Å². The summed E-state index contributed by atoms with van der Waals surface area (Å²) in [5, 5.41) is 15.5. The first-order valence-electron chi connectivity index (χ1n) is 17.8. The molecule has 0 radical (unpaired) electrons. The van der Waals surface area contributed by atoms with Gasteiger partial charge in [0.1, 0.15) is 31.4 Å². The van der Waals surface area contributed by atoms with Gasteiger partial charge in [-0.25, -0.2) is 0 Å². The molecule has 0 spiro atoms. The standard InChI is InChI=1S/C38H58N2O11/c1-4-17-46-23-26-49-20-7-8-33(41)9-12-38(31-35(43)32-29-34(42)30-32,13-10-36(44)39-15-21-50-27-24-47-18-5-2)14-11-37(45)40-16-22-51-28-25-48-19-6-3/h1-3,32,34,42H,7-31H2,(H,39,44)(H,40,45). The number of Topliss-reactive ketones (excluding diaryl/α,β-unsaturated/α-hetero) is 2. The van der Waals surface area contributed by atoms with Gasteiger partial charge < -0.3 is 44.2 Å². The van der Waals surface area contributed by atoms with Gasteiger partial charge in [0.15, 0.2) is 0 Å². The van der Waals surface area contributed by atoms with Gasteiger partial charge >= 0.3 is 0 Å². The highest BCUT2D eigenvalue weighted by molar-refractivity contribution is 5.83. The lowest BCUT2D eigenvalue weighted by molar-refractivity contribution is -0.134. The minimum absolute atomic E-state index is 0.0127. The molecule has 0 unspecified atom stereocenters. The summed E-state index contributed by atoms with van der Waals surface area (Å²) >= 11 is 0. The van der Waals surface area contributed by atoms with Crippen LogP contribution in [0.4, 0.5) is 0 Å². The van der Waals surface area contributed by atoms with Gasteiger partial charge in [0, 0.05) is 57.7 Å². The molecule has 0 aliphatic heterocycles. The molecule has 3 N–H and O–H groups in total. The van der Waals surface area contributed by atoms with E-state index in [1.807, 2.05) is 0 Å². The Labute approximate surface area is 303 Å². The van der Waals surface area contributed by atoms with Crippen molar-refractivity contribution in [3.05, 3.63) is 0 Å². The molecule has 2 amide bonds. The molecule has 286 valence electrons. The molecular weight excluding hydrogens is 660 g/mol. The molecule has 0 aromatic carbocycles. The Morgan fingerprint density at radius 2 is 1.04 bits per heavy atom. The molecule has 1 aliphatic carbocycles. The summed E-state index contributed by atoms with van der Waals surface area (Å²) in [6.45, 7) is 4.30. The zero-order valence-corrected chi connectivity index (χ0v) is 30.1. The van der Waals surface area contributed by atoms with Crippen molar-refractivity contribution in [1.29, 1.82) is 0 Å². The van der Waals surface area contributed by atoms with Gasteiger partial charge in [-0.15, -0.1) is 19.3 Å². The molecule has 0 atom stereocenters. The second-order valence-electron chi connectivity index (χ2n) is 12.4. The molecule has 0 heterocycles. The number of rotatable bonds is 34. The zero-order valence-electron chi connectivity index (χ0n) is 30.1. The lowest BCUT2D eigenvalue weighted by Gasteiger charge is -2.37. The smallest absolute Gasteiger partial charge is 0.220 e. The average Bonchev–Trinajstić information content (AvgIpc) is 3.10. The van der Waals surface area contributed by atoms with Crippen LogP contribution in [0.15, 0.2) is 0 Å². The lowest BCUT2D eigenvalue weighted by Crippen LogP contribution is -2.39. The fourth-order valence-corrected chi connectivity index (χ4v) is 5.42. The SMILES string of the molecule is C#CCOCCOCCCC(=O)CCC(CCC(=O)NCCOCCOCC#C)(CCC(=O)NCCOCCOCC#C)CC(=O)C1CC(O)C1. The maximum Gasteiger partial charge on any atom is 0.220 e.